The first kappa shape index (κ1) is 24.1. The quantitative estimate of drug-likeness (QED) is 0.452. The maximum absolute atomic E-state index is 13.7. The second kappa shape index (κ2) is 9.09. The van der Waals surface area contributed by atoms with E-state index in [1.54, 1.807) is 56.8 Å². The fraction of sp³-hybridized carbons (Fsp3) is 0.296. The minimum atomic E-state index is -0.598. The van der Waals surface area contributed by atoms with Gasteiger partial charge in [-0.25, -0.2) is 14.6 Å². The lowest BCUT2D eigenvalue weighted by Crippen LogP contribution is -2.36. The van der Waals surface area contributed by atoms with Crippen LogP contribution in [0.1, 0.15) is 38.8 Å². The molecule has 1 N–H and O–H groups in total. The van der Waals surface area contributed by atoms with Crippen molar-refractivity contribution in [3.63, 3.8) is 0 Å². The molecule has 5 rings (SSSR count). The molecule has 10 nitrogen and oxygen atoms in total. The van der Waals surface area contributed by atoms with Gasteiger partial charge in [-0.1, -0.05) is 0 Å². The van der Waals surface area contributed by atoms with E-state index in [1.807, 2.05) is 32.9 Å². The van der Waals surface area contributed by atoms with Crippen LogP contribution in [0.15, 0.2) is 59.7 Å². The zero-order chi connectivity index (χ0) is 26.3. The van der Waals surface area contributed by atoms with Gasteiger partial charge in [-0.05, 0) is 69.7 Å². The first-order chi connectivity index (χ1) is 17.7. The summed E-state index contributed by atoms with van der Waals surface area (Å²) in [5.41, 5.74) is 2.29. The summed E-state index contributed by atoms with van der Waals surface area (Å²) in [6.07, 6.45) is 3.44. The molecule has 0 radical (unpaired) electrons. The summed E-state index contributed by atoms with van der Waals surface area (Å²) in [6, 6.07) is 13.5. The number of benzene rings is 1. The van der Waals surface area contributed by atoms with Crippen molar-refractivity contribution >= 4 is 17.3 Å². The van der Waals surface area contributed by atoms with Gasteiger partial charge in [0.1, 0.15) is 17.4 Å². The van der Waals surface area contributed by atoms with Gasteiger partial charge < -0.3 is 14.7 Å². The molecular weight excluding hydrogens is 472 g/mol. The van der Waals surface area contributed by atoms with E-state index in [1.165, 1.54) is 6.07 Å². The van der Waals surface area contributed by atoms with Crippen molar-refractivity contribution in [3.8, 4) is 28.8 Å². The number of nitriles is 1. The average molecular weight is 499 g/mol. The zero-order valence-electron chi connectivity index (χ0n) is 20.8. The maximum Gasteiger partial charge on any atom is 0.410 e. The summed E-state index contributed by atoms with van der Waals surface area (Å²) < 4.78 is 8.71. The summed E-state index contributed by atoms with van der Waals surface area (Å²) in [6.45, 7) is 6.31. The van der Waals surface area contributed by atoms with E-state index in [4.69, 9.17) is 4.74 Å². The molecule has 1 amide bonds. The number of amides is 1. The van der Waals surface area contributed by atoms with E-state index in [0.717, 1.165) is 0 Å². The fourth-order valence-electron chi connectivity index (χ4n) is 4.55. The number of hydrogen-bond donors (Lipinski definition) is 1. The molecule has 1 saturated heterocycles. The molecule has 1 aromatic carbocycles. The molecule has 1 unspecified atom stereocenters. The number of phenols is 1. The molecule has 37 heavy (non-hydrogen) atoms. The standard InChI is InChI=1S/C27H26N6O4/c1-27(2,3)37-26(36)31-12-10-20(16-31)33-24-22(5-4-11-29-24)32(25(33)35)19-7-8-21(30-15-19)17-6-9-23(34)18(13-17)14-28/h4-9,11,13,15,20,34H,10,12,16H2,1-3H3. The van der Waals surface area contributed by atoms with Gasteiger partial charge in [-0.3, -0.25) is 14.1 Å². The number of pyridine rings is 2. The molecule has 1 aliphatic heterocycles. The lowest BCUT2D eigenvalue weighted by atomic mass is 10.1. The molecule has 0 saturated carbocycles. The third-order valence-corrected chi connectivity index (χ3v) is 6.23. The van der Waals surface area contributed by atoms with E-state index in [2.05, 4.69) is 9.97 Å². The van der Waals surface area contributed by atoms with Crippen LogP contribution < -0.4 is 5.69 Å². The number of carbonyl (C=O) groups is 1. The second-order valence-electron chi connectivity index (χ2n) is 9.95. The fourth-order valence-corrected chi connectivity index (χ4v) is 4.55. The monoisotopic (exact) mass is 498 g/mol. The van der Waals surface area contributed by atoms with Crippen molar-refractivity contribution in [2.45, 2.75) is 38.8 Å². The number of rotatable bonds is 3. The Morgan fingerprint density at radius 1 is 1.19 bits per heavy atom. The Hall–Kier alpha value is -4.65. The van der Waals surface area contributed by atoms with Gasteiger partial charge in [0.25, 0.3) is 0 Å². The molecule has 4 aromatic rings. The topological polar surface area (TPSA) is 126 Å². The first-order valence-corrected chi connectivity index (χ1v) is 11.9. The summed E-state index contributed by atoms with van der Waals surface area (Å²) in [5.74, 6) is -0.0909. The molecule has 1 aliphatic rings. The predicted octanol–water partition coefficient (Wildman–Crippen LogP) is 4.01. The van der Waals surface area contributed by atoms with Crippen LogP contribution in [0.3, 0.4) is 0 Å². The van der Waals surface area contributed by atoms with Crippen molar-refractivity contribution < 1.29 is 14.6 Å². The highest BCUT2D eigenvalue weighted by atomic mass is 16.6. The van der Waals surface area contributed by atoms with E-state index >= 15 is 0 Å². The molecule has 0 spiro atoms. The van der Waals surface area contributed by atoms with Gasteiger partial charge in [-0.15, -0.1) is 0 Å². The number of imidazole rings is 1. The lowest BCUT2D eigenvalue weighted by molar-refractivity contribution is 0.0289. The van der Waals surface area contributed by atoms with Gasteiger partial charge in [0.15, 0.2) is 5.65 Å². The van der Waals surface area contributed by atoms with Gasteiger partial charge >= 0.3 is 11.8 Å². The van der Waals surface area contributed by atoms with Crippen molar-refractivity contribution in [1.29, 1.82) is 5.26 Å². The van der Waals surface area contributed by atoms with E-state index in [-0.39, 0.29) is 23.0 Å². The Morgan fingerprint density at radius 3 is 2.70 bits per heavy atom. The normalized spacial score (nSPS) is 15.6. The Labute approximate surface area is 213 Å². The highest BCUT2D eigenvalue weighted by molar-refractivity contribution is 5.75. The Balaban J connectivity index is 1.49. The molecule has 3 aromatic heterocycles. The minimum Gasteiger partial charge on any atom is -0.507 e. The van der Waals surface area contributed by atoms with Crippen molar-refractivity contribution in [2.75, 3.05) is 13.1 Å². The third-order valence-electron chi connectivity index (χ3n) is 6.23. The van der Waals surface area contributed by atoms with E-state index in [9.17, 15) is 20.0 Å². The average Bonchev–Trinajstić information content (AvgIpc) is 3.45. The van der Waals surface area contributed by atoms with Crippen LogP contribution in [0.25, 0.3) is 28.1 Å². The van der Waals surface area contributed by atoms with Gasteiger partial charge in [0.2, 0.25) is 0 Å². The molecule has 0 aliphatic carbocycles. The number of ether oxygens (including phenoxy) is 1. The number of aromatic nitrogens is 4. The highest BCUT2D eigenvalue weighted by Crippen LogP contribution is 2.28. The third kappa shape index (κ3) is 4.51. The van der Waals surface area contributed by atoms with Crippen molar-refractivity contribution in [2.24, 2.45) is 0 Å². The summed E-state index contributed by atoms with van der Waals surface area (Å²) in [7, 11) is 0. The van der Waals surface area contributed by atoms with Crippen LogP contribution in [-0.2, 0) is 4.74 Å². The molecule has 1 fully saturated rings. The Morgan fingerprint density at radius 2 is 2.00 bits per heavy atom. The molecule has 188 valence electrons. The van der Waals surface area contributed by atoms with Crippen molar-refractivity contribution in [3.05, 3.63) is 70.9 Å². The summed E-state index contributed by atoms with van der Waals surface area (Å²) >= 11 is 0. The van der Waals surface area contributed by atoms with Gasteiger partial charge in [-0.2, -0.15) is 5.26 Å². The molecule has 0 bridgehead atoms. The number of carbonyl (C=O) groups excluding carboxylic acids is 1. The molecule has 4 heterocycles. The van der Waals surface area contributed by atoms with Crippen LogP contribution in [0.2, 0.25) is 0 Å². The minimum absolute atomic E-state index is 0.0909. The van der Waals surface area contributed by atoms with Crippen molar-refractivity contribution in [1.82, 2.24) is 24.0 Å². The molecule has 10 heteroatoms. The van der Waals surface area contributed by atoms with E-state index in [0.29, 0.717) is 47.6 Å². The second-order valence-corrected chi connectivity index (χ2v) is 9.95. The number of fused-ring (bicyclic) bond motifs is 1. The number of likely N-dealkylation sites (tertiary alicyclic amines) is 1. The lowest BCUT2D eigenvalue weighted by Gasteiger charge is -2.24. The smallest absolute Gasteiger partial charge is 0.410 e. The zero-order valence-corrected chi connectivity index (χ0v) is 20.8. The summed E-state index contributed by atoms with van der Waals surface area (Å²) in [4.78, 5) is 36.9. The number of aromatic hydroxyl groups is 1. The molecule has 1 atom stereocenters. The van der Waals surface area contributed by atoms with Gasteiger partial charge in [0.05, 0.1) is 34.7 Å². The van der Waals surface area contributed by atoms with Crippen LogP contribution in [0.5, 0.6) is 5.75 Å². The number of phenolic OH excluding ortho intramolecular Hbond substituents is 1. The van der Waals surface area contributed by atoms with Crippen LogP contribution in [-0.4, -0.2) is 53.9 Å². The number of hydrogen-bond acceptors (Lipinski definition) is 7. The predicted molar refractivity (Wildman–Crippen MR) is 136 cm³/mol. The van der Waals surface area contributed by atoms with Crippen LogP contribution >= 0.6 is 0 Å². The van der Waals surface area contributed by atoms with Gasteiger partial charge in [0, 0.05) is 24.8 Å². The van der Waals surface area contributed by atoms with Crippen LogP contribution in [0.4, 0.5) is 4.79 Å². The largest absolute Gasteiger partial charge is 0.507 e. The number of nitrogens with zero attached hydrogens (tertiary/aromatic N) is 6. The SMILES string of the molecule is CC(C)(C)OC(=O)N1CCC(n2c(=O)n(-c3ccc(-c4ccc(O)c(C#N)c4)nc3)c3cccnc32)C1. The summed E-state index contributed by atoms with van der Waals surface area (Å²) in [5, 5.41) is 19.0. The van der Waals surface area contributed by atoms with E-state index < -0.39 is 11.7 Å². The molecular formula is C27H26N6O4. The van der Waals surface area contributed by atoms with Crippen LogP contribution in [0, 0.1) is 11.3 Å². The first-order valence-electron chi connectivity index (χ1n) is 11.9. The Kier molecular flexibility index (Phi) is 5.91. The maximum atomic E-state index is 13.7. The highest BCUT2D eigenvalue weighted by Gasteiger charge is 2.33. The Bertz CT molecular complexity index is 1590.